The van der Waals surface area contributed by atoms with Crippen molar-refractivity contribution >= 4 is 15.7 Å². The lowest BCUT2D eigenvalue weighted by Crippen LogP contribution is -2.38. The van der Waals surface area contributed by atoms with Gasteiger partial charge in [-0.25, -0.2) is 12.8 Å². The summed E-state index contributed by atoms with van der Waals surface area (Å²) in [5.41, 5.74) is 5.27. The van der Waals surface area contributed by atoms with Crippen LogP contribution in [0.25, 0.3) is 0 Å². The van der Waals surface area contributed by atoms with Crippen LogP contribution in [0.2, 0.25) is 0 Å². The van der Waals surface area contributed by atoms with Gasteiger partial charge >= 0.3 is 0 Å². The van der Waals surface area contributed by atoms with Crippen LogP contribution in [-0.4, -0.2) is 25.3 Å². The minimum absolute atomic E-state index is 0.137. The Morgan fingerprint density at radius 1 is 1.42 bits per heavy atom. The van der Waals surface area contributed by atoms with E-state index in [1.807, 2.05) is 13.8 Å². The van der Waals surface area contributed by atoms with E-state index in [-0.39, 0.29) is 16.6 Å². The van der Waals surface area contributed by atoms with Gasteiger partial charge in [0.1, 0.15) is 10.7 Å². The van der Waals surface area contributed by atoms with Crippen LogP contribution in [0.1, 0.15) is 26.7 Å². The van der Waals surface area contributed by atoms with Crippen LogP contribution in [0.5, 0.6) is 0 Å². The SMILES string of the molecule is CC(C)N(CC1CC1)S(=O)(=O)c1cccc(F)c1N. The van der Waals surface area contributed by atoms with E-state index in [1.165, 1.54) is 16.4 Å². The first-order valence-electron chi connectivity index (χ1n) is 6.40. The van der Waals surface area contributed by atoms with Gasteiger partial charge < -0.3 is 5.73 Å². The molecule has 0 unspecified atom stereocenters. The number of nitrogens with two attached hydrogens (primary N) is 1. The summed E-state index contributed by atoms with van der Waals surface area (Å²) in [5, 5.41) is 0. The smallest absolute Gasteiger partial charge is 0.245 e. The molecule has 0 heterocycles. The monoisotopic (exact) mass is 286 g/mol. The van der Waals surface area contributed by atoms with Crippen molar-refractivity contribution in [2.45, 2.75) is 37.6 Å². The fourth-order valence-electron chi connectivity index (χ4n) is 2.01. The molecule has 0 spiro atoms. The molecule has 0 radical (unpaired) electrons. The largest absolute Gasteiger partial charge is 0.395 e. The van der Waals surface area contributed by atoms with Crippen molar-refractivity contribution in [2.75, 3.05) is 12.3 Å². The summed E-state index contributed by atoms with van der Waals surface area (Å²) in [4.78, 5) is -0.137. The summed E-state index contributed by atoms with van der Waals surface area (Å²) in [6, 6.07) is 3.72. The Hall–Kier alpha value is -1.14. The fourth-order valence-corrected chi connectivity index (χ4v) is 3.85. The Balaban J connectivity index is 2.40. The molecular formula is C13H19FN2O2S. The van der Waals surface area contributed by atoms with Gasteiger partial charge in [0.15, 0.2) is 0 Å². The highest BCUT2D eigenvalue weighted by Gasteiger charge is 2.34. The third kappa shape index (κ3) is 2.90. The van der Waals surface area contributed by atoms with E-state index in [4.69, 9.17) is 5.73 Å². The average molecular weight is 286 g/mol. The number of hydrogen-bond donors (Lipinski definition) is 1. The number of nitrogens with zero attached hydrogens (tertiary/aromatic N) is 1. The third-order valence-corrected chi connectivity index (χ3v) is 5.41. The summed E-state index contributed by atoms with van der Waals surface area (Å²) in [6.07, 6.45) is 2.11. The van der Waals surface area contributed by atoms with Gasteiger partial charge in [-0.15, -0.1) is 0 Å². The first kappa shape index (κ1) is 14.3. The van der Waals surface area contributed by atoms with Crippen molar-refractivity contribution in [3.05, 3.63) is 24.0 Å². The fraction of sp³-hybridized carbons (Fsp3) is 0.538. The van der Waals surface area contributed by atoms with Gasteiger partial charge in [0.25, 0.3) is 0 Å². The molecule has 0 bridgehead atoms. The summed E-state index contributed by atoms with van der Waals surface area (Å²) in [7, 11) is -3.74. The lowest BCUT2D eigenvalue weighted by atomic mass is 10.3. The molecule has 2 N–H and O–H groups in total. The van der Waals surface area contributed by atoms with Crippen molar-refractivity contribution in [3.63, 3.8) is 0 Å². The minimum atomic E-state index is -3.74. The summed E-state index contributed by atoms with van der Waals surface area (Å²) >= 11 is 0. The predicted octanol–water partition coefficient (Wildman–Crippen LogP) is 2.22. The van der Waals surface area contributed by atoms with Gasteiger partial charge in [0, 0.05) is 12.6 Å². The average Bonchev–Trinajstić information content (AvgIpc) is 3.12. The molecule has 1 aromatic rings. The standard InChI is InChI=1S/C13H19FN2O2S/c1-9(2)16(8-10-6-7-10)19(17,18)12-5-3-4-11(14)13(12)15/h3-5,9-10H,6-8,15H2,1-2H3. The normalized spacial score (nSPS) is 16.3. The van der Waals surface area contributed by atoms with Crippen LogP contribution in [0.15, 0.2) is 23.1 Å². The van der Waals surface area contributed by atoms with Gasteiger partial charge in [-0.3, -0.25) is 0 Å². The maximum absolute atomic E-state index is 13.4. The maximum Gasteiger partial charge on any atom is 0.245 e. The van der Waals surface area contributed by atoms with Crippen LogP contribution >= 0.6 is 0 Å². The molecule has 0 atom stereocenters. The zero-order valence-electron chi connectivity index (χ0n) is 11.1. The molecule has 2 rings (SSSR count). The Morgan fingerprint density at radius 3 is 2.58 bits per heavy atom. The van der Waals surface area contributed by atoms with Crippen molar-refractivity contribution < 1.29 is 12.8 Å². The van der Waals surface area contributed by atoms with Crippen molar-refractivity contribution in [2.24, 2.45) is 5.92 Å². The summed E-state index contributed by atoms with van der Waals surface area (Å²) < 4.78 is 40.0. The van der Waals surface area contributed by atoms with Crippen LogP contribution in [-0.2, 0) is 10.0 Å². The quantitative estimate of drug-likeness (QED) is 0.844. The number of hydrogen-bond acceptors (Lipinski definition) is 3. The van der Waals surface area contributed by atoms with E-state index < -0.39 is 15.8 Å². The topological polar surface area (TPSA) is 63.4 Å². The van der Waals surface area contributed by atoms with E-state index in [1.54, 1.807) is 0 Å². The van der Waals surface area contributed by atoms with Crippen LogP contribution < -0.4 is 5.73 Å². The number of benzene rings is 1. The van der Waals surface area contributed by atoms with Gasteiger partial charge in [0.2, 0.25) is 10.0 Å². The molecule has 19 heavy (non-hydrogen) atoms. The molecule has 0 amide bonds. The molecule has 1 aliphatic rings. The molecular weight excluding hydrogens is 267 g/mol. The van der Waals surface area contributed by atoms with Crippen molar-refractivity contribution in [1.82, 2.24) is 4.31 Å². The van der Waals surface area contributed by atoms with Gasteiger partial charge in [0.05, 0.1) is 5.69 Å². The second-order valence-corrected chi connectivity index (χ2v) is 7.12. The highest BCUT2D eigenvalue weighted by molar-refractivity contribution is 7.89. The molecule has 0 aromatic heterocycles. The number of anilines is 1. The van der Waals surface area contributed by atoms with Crippen molar-refractivity contribution in [1.29, 1.82) is 0 Å². The highest BCUT2D eigenvalue weighted by atomic mass is 32.2. The molecule has 106 valence electrons. The second-order valence-electron chi connectivity index (χ2n) is 5.26. The van der Waals surface area contributed by atoms with E-state index in [2.05, 4.69) is 0 Å². The first-order valence-corrected chi connectivity index (χ1v) is 7.84. The van der Waals surface area contributed by atoms with Gasteiger partial charge in [-0.05, 0) is 44.7 Å². The molecule has 4 nitrogen and oxygen atoms in total. The molecule has 0 aliphatic heterocycles. The first-order chi connectivity index (χ1) is 8.84. The van der Waals surface area contributed by atoms with E-state index in [0.717, 1.165) is 18.9 Å². The number of sulfonamides is 1. The Kier molecular flexibility index (Phi) is 3.82. The lowest BCUT2D eigenvalue weighted by molar-refractivity contribution is 0.342. The number of halogens is 1. The van der Waals surface area contributed by atoms with Gasteiger partial charge in [-0.1, -0.05) is 6.07 Å². The summed E-state index contributed by atoms with van der Waals surface area (Å²) in [5.74, 6) is -0.275. The Bertz CT molecular complexity index is 568. The molecule has 6 heteroatoms. The van der Waals surface area contributed by atoms with E-state index >= 15 is 0 Å². The number of nitrogen functional groups attached to an aromatic ring is 1. The second kappa shape index (κ2) is 5.09. The maximum atomic E-state index is 13.4. The molecule has 1 saturated carbocycles. The number of rotatable bonds is 5. The molecule has 0 saturated heterocycles. The predicted molar refractivity (Wildman–Crippen MR) is 72.6 cm³/mol. The van der Waals surface area contributed by atoms with Crippen LogP contribution in [0, 0.1) is 11.7 Å². The zero-order chi connectivity index (χ0) is 14.2. The van der Waals surface area contributed by atoms with E-state index in [9.17, 15) is 12.8 Å². The molecule has 1 fully saturated rings. The molecule has 1 aliphatic carbocycles. The summed E-state index contributed by atoms with van der Waals surface area (Å²) in [6.45, 7) is 4.11. The third-order valence-electron chi connectivity index (χ3n) is 3.31. The molecule has 1 aromatic carbocycles. The highest BCUT2D eigenvalue weighted by Crippen LogP contribution is 2.33. The number of para-hydroxylation sites is 1. The van der Waals surface area contributed by atoms with Gasteiger partial charge in [-0.2, -0.15) is 4.31 Å². The van der Waals surface area contributed by atoms with Crippen LogP contribution in [0.3, 0.4) is 0 Å². The van der Waals surface area contributed by atoms with Crippen molar-refractivity contribution in [3.8, 4) is 0 Å². The van der Waals surface area contributed by atoms with E-state index in [0.29, 0.717) is 12.5 Å². The lowest BCUT2D eigenvalue weighted by Gasteiger charge is -2.26. The Labute approximate surface area is 113 Å². The minimum Gasteiger partial charge on any atom is -0.395 e. The van der Waals surface area contributed by atoms with Crippen LogP contribution in [0.4, 0.5) is 10.1 Å². The zero-order valence-corrected chi connectivity index (χ0v) is 12.0. The Morgan fingerprint density at radius 2 is 2.05 bits per heavy atom.